The zero-order valence-electron chi connectivity index (χ0n) is 17.9. The van der Waals surface area contributed by atoms with Gasteiger partial charge in [0.25, 0.3) is 5.56 Å². The van der Waals surface area contributed by atoms with Crippen LogP contribution in [0.25, 0.3) is 10.2 Å². The molecule has 0 bridgehead atoms. The molecule has 31 heavy (non-hydrogen) atoms. The Morgan fingerprint density at radius 2 is 2.13 bits per heavy atom. The molecule has 1 aliphatic rings. The monoisotopic (exact) mass is 442 g/mol. The van der Waals surface area contributed by atoms with Gasteiger partial charge in [0.1, 0.15) is 10.6 Å². The fourth-order valence-electron chi connectivity index (χ4n) is 4.17. The summed E-state index contributed by atoms with van der Waals surface area (Å²) in [4.78, 5) is 34.0. The Labute approximate surface area is 184 Å². The molecule has 4 rings (SSSR count). The largest absolute Gasteiger partial charge is 0.354 e. The highest BCUT2D eigenvalue weighted by Crippen LogP contribution is 2.33. The highest BCUT2D eigenvalue weighted by atomic mass is 32.1. The van der Waals surface area contributed by atoms with E-state index < -0.39 is 0 Å². The Morgan fingerprint density at radius 3 is 2.90 bits per heavy atom. The predicted molar refractivity (Wildman–Crippen MR) is 121 cm³/mol. The Bertz CT molecular complexity index is 1150. The molecular weight excluding hydrogens is 415 g/mol. The molecule has 0 radical (unpaired) electrons. The third-order valence-electron chi connectivity index (χ3n) is 5.87. The van der Waals surface area contributed by atoms with E-state index in [1.807, 2.05) is 25.1 Å². The maximum atomic E-state index is 13.6. The van der Waals surface area contributed by atoms with Crippen molar-refractivity contribution in [2.24, 2.45) is 0 Å². The van der Waals surface area contributed by atoms with Crippen LogP contribution in [-0.4, -0.2) is 41.0 Å². The van der Waals surface area contributed by atoms with Crippen molar-refractivity contribution in [3.63, 3.8) is 0 Å². The van der Waals surface area contributed by atoms with Crippen LogP contribution in [0, 0.1) is 5.82 Å². The van der Waals surface area contributed by atoms with Crippen molar-refractivity contribution in [1.29, 1.82) is 0 Å². The highest BCUT2D eigenvalue weighted by Gasteiger charge is 2.20. The zero-order valence-corrected chi connectivity index (χ0v) is 18.7. The van der Waals surface area contributed by atoms with Crippen molar-refractivity contribution in [3.8, 4) is 0 Å². The maximum absolute atomic E-state index is 13.6. The predicted octanol–water partition coefficient (Wildman–Crippen LogP) is 3.29. The van der Waals surface area contributed by atoms with Crippen molar-refractivity contribution in [2.75, 3.05) is 20.6 Å². The van der Waals surface area contributed by atoms with Gasteiger partial charge in [-0.1, -0.05) is 12.1 Å². The molecule has 0 spiro atoms. The number of aromatic nitrogens is 2. The van der Waals surface area contributed by atoms with E-state index in [0.717, 1.165) is 47.0 Å². The fraction of sp³-hybridized carbons (Fsp3) is 0.435. The van der Waals surface area contributed by atoms with Gasteiger partial charge in [-0.3, -0.25) is 14.2 Å². The molecule has 1 N–H and O–H groups in total. The topological polar surface area (TPSA) is 67.2 Å². The molecular formula is C23H27FN4O2S. The number of thiophene rings is 1. The van der Waals surface area contributed by atoms with Gasteiger partial charge < -0.3 is 10.2 Å². The van der Waals surface area contributed by atoms with Crippen LogP contribution in [0.15, 0.2) is 35.4 Å². The van der Waals surface area contributed by atoms with Crippen LogP contribution in [-0.2, 0) is 24.2 Å². The van der Waals surface area contributed by atoms with E-state index in [0.29, 0.717) is 6.54 Å². The van der Waals surface area contributed by atoms with E-state index >= 15 is 0 Å². The summed E-state index contributed by atoms with van der Waals surface area (Å²) in [6, 6.07) is 6.27. The minimum Gasteiger partial charge on any atom is -0.354 e. The smallest absolute Gasteiger partial charge is 0.262 e. The Kier molecular flexibility index (Phi) is 6.48. The van der Waals surface area contributed by atoms with Crippen molar-refractivity contribution in [1.82, 2.24) is 19.8 Å². The second-order valence-electron chi connectivity index (χ2n) is 8.22. The number of likely N-dealkylation sites (N-methyl/N-ethyl adjacent to an activating group) is 1. The summed E-state index contributed by atoms with van der Waals surface area (Å²) >= 11 is 1.62. The Morgan fingerprint density at radius 1 is 1.32 bits per heavy atom. The van der Waals surface area contributed by atoms with Crippen molar-refractivity contribution in [2.45, 2.75) is 44.7 Å². The van der Waals surface area contributed by atoms with Gasteiger partial charge in [0.15, 0.2) is 0 Å². The highest BCUT2D eigenvalue weighted by molar-refractivity contribution is 7.18. The molecule has 1 unspecified atom stereocenters. The molecule has 2 aromatic heterocycles. The maximum Gasteiger partial charge on any atom is 0.262 e. The fourth-order valence-corrected chi connectivity index (χ4v) is 5.39. The standard InChI is InChI=1S/C23H27FN4O2S/c1-27(2)18(15-6-5-7-16(24)12-15)13-25-20(29)10-11-28-14-26-22-21(23(28)30)17-8-3-4-9-19(17)31-22/h5-7,12,14,18H,3-4,8-11,13H2,1-2H3,(H,25,29). The third-order valence-corrected chi connectivity index (χ3v) is 7.07. The molecule has 0 fully saturated rings. The van der Waals surface area contributed by atoms with Crippen LogP contribution in [0.4, 0.5) is 4.39 Å². The quantitative estimate of drug-likeness (QED) is 0.610. The molecule has 1 aliphatic carbocycles. The van der Waals surface area contributed by atoms with Gasteiger partial charge in [0.05, 0.1) is 17.8 Å². The van der Waals surface area contributed by atoms with E-state index in [9.17, 15) is 14.0 Å². The summed E-state index contributed by atoms with van der Waals surface area (Å²) in [6.45, 7) is 0.643. The summed E-state index contributed by atoms with van der Waals surface area (Å²) < 4.78 is 15.1. The second-order valence-corrected chi connectivity index (χ2v) is 9.31. The average Bonchev–Trinajstić information content (AvgIpc) is 3.12. The van der Waals surface area contributed by atoms with Crippen LogP contribution in [0.3, 0.4) is 0 Å². The number of benzene rings is 1. The first-order valence-corrected chi connectivity index (χ1v) is 11.4. The second kappa shape index (κ2) is 9.28. The zero-order chi connectivity index (χ0) is 22.0. The molecule has 1 aromatic carbocycles. The van der Waals surface area contributed by atoms with E-state index in [1.165, 1.54) is 17.0 Å². The summed E-state index contributed by atoms with van der Waals surface area (Å²) in [7, 11) is 3.79. The van der Waals surface area contributed by atoms with Crippen molar-refractivity contribution >= 4 is 27.5 Å². The molecule has 3 aromatic rings. The van der Waals surface area contributed by atoms with E-state index in [2.05, 4.69) is 10.3 Å². The SMILES string of the molecule is CN(C)C(CNC(=O)CCn1cnc2sc3c(c2c1=O)CCCC3)c1cccc(F)c1. The Balaban J connectivity index is 1.41. The third kappa shape index (κ3) is 4.70. The molecule has 164 valence electrons. The van der Waals surface area contributed by atoms with Gasteiger partial charge in [0, 0.05) is 24.4 Å². The molecule has 0 saturated carbocycles. The summed E-state index contributed by atoms with van der Waals surface area (Å²) in [5, 5.41) is 3.65. The molecule has 1 amide bonds. The first-order chi connectivity index (χ1) is 14.9. The first kappa shape index (κ1) is 21.6. The lowest BCUT2D eigenvalue weighted by atomic mass is 9.97. The number of amides is 1. The van der Waals surface area contributed by atoms with Crippen LogP contribution in [0.5, 0.6) is 0 Å². The lowest BCUT2D eigenvalue weighted by molar-refractivity contribution is -0.121. The van der Waals surface area contributed by atoms with Gasteiger partial charge in [-0.15, -0.1) is 11.3 Å². The van der Waals surface area contributed by atoms with E-state index in [4.69, 9.17) is 0 Å². The van der Waals surface area contributed by atoms with Crippen molar-refractivity contribution < 1.29 is 9.18 Å². The normalized spacial score (nSPS) is 14.6. The number of hydrogen-bond donors (Lipinski definition) is 1. The van der Waals surface area contributed by atoms with E-state index in [1.54, 1.807) is 28.3 Å². The molecule has 0 saturated heterocycles. The molecule has 1 atom stereocenters. The molecule has 2 heterocycles. The molecule has 8 heteroatoms. The molecule has 0 aliphatic heterocycles. The van der Waals surface area contributed by atoms with Crippen LogP contribution in [0.2, 0.25) is 0 Å². The number of halogens is 1. The minimum atomic E-state index is -0.298. The van der Waals surface area contributed by atoms with Gasteiger partial charge in [-0.05, 0) is 63.0 Å². The van der Waals surface area contributed by atoms with E-state index in [-0.39, 0.29) is 36.3 Å². The van der Waals surface area contributed by atoms with Crippen LogP contribution >= 0.6 is 11.3 Å². The summed E-state index contributed by atoms with van der Waals surface area (Å²) in [5.74, 6) is -0.448. The Hall–Kier alpha value is -2.58. The average molecular weight is 443 g/mol. The summed E-state index contributed by atoms with van der Waals surface area (Å²) in [6.07, 6.45) is 5.96. The first-order valence-electron chi connectivity index (χ1n) is 10.6. The van der Waals surface area contributed by atoms with Gasteiger partial charge in [0.2, 0.25) is 5.91 Å². The number of carbonyl (C=O) groups is 1. The van der Waals surface area contributed by atoms with Gasteiger partial charge >= 0.3 is 0 Å². The number of nitrogens with one attached hydrogen (secondary N) is 1. The van der Waals surface area contributed by atoms with Gasteiger partial charge in [-0.2, -0.15) is 0 Å². The summed E-state index contributed by atoms with van der Waals surface area (Å²) in [5.41, 5.74) is 1.91. The number of aryl methyl sites for hydroxylation is 3. The number of rotatable bonds is 7. The lowest BCUT2D eigenvalue weighted by Crippen LogP contribution is -2.35. The van der Waals surface area contributed by atoms with Crippen LogP contribution in [0.1, 0.15) is 41.3 Å². The number of fused-ring (bicyclic) bond motifs is 3. The number of carbonyl (C=O) groups excluding carboxylic acids is 1. The van der Waals surface area contributed by atoms with Gasteiger partial charge in [-0.25, -0.2) is 9.37 Å². The molecule has 6 nitrogen and oxygen atoms in total. The minimum absolute atomic E-state index is 0.0527. The number of nitrogens with zero attached hydrogens (tertiary/aromatic N) is 3. The van der Waals surface area contributed by atoms with Crippen molar-refractivity contribution in [3.05, 3.63) is 62.8 Å². The number of hydrogen-bond acceptors (Lipinski definition) is 5. The lowest BCUT2D eigenvalue weighted by Gasteiger charge is -2.25. The van der Waals surface area contributed by atoms with Crippen LogP contribution < -0.4 is 10.9 Å².